The summed E-state index contributed by atoms with van der Waals surface area (Å²) in [7, 11) is 0. The van der Waals surface area contributed by atoms with Crippen LogP contribution in [-0.4, -0.2) is 48.0 Å². The van der Waals surface area contributed by atoms with Crippen LogP contribution in [-0.2, 0) is 0 Å². The third-order valence-electron chi connectivity index (χ3n) is 1.84. The fourth-order valence-corrected chi connectivity index (χ4v) is 1.24. The molecule has 0 saturated heterocycles. The van der Waals surface area contributed by atoms with Gasteiger partial charge in [0.1, 0.15) is 0 Å². The van der Waals surface area contributed by atoms with E-state index in [4.69, 9.17) is 10.2 Å². The highest BCUT2D eigenvalue weighted by Gasteiger charge is 2.01. The van der Waals surface area contributed by atoms with E-state index >= 15 is 0 Å². The normalized spacial score (nSPS) is 11.0. The Morgan fingerprint density at radius 1 is 0.917 bits per heavy atom. The van der Waals surface area contributed by atoms with Crippen LogP contribution in [0.2, 0.25) is 0 Å². The first-order chi connectivity index (χ1) is 5.85. The topological polar surface area (TPSA) is 43.7 Å². The highest BCUT2D eigenvalue weighted by Crippen LogP contribution is 1.95. The van der Waals surface area contributed by atoms with E-state index in [0.717, 1.165) is 38.9 Å². The zero-order valence-corrected chi connectivity index (χ0v) is 8.00. The van der Waals surface area contributed by atoms with Gasteiger partial charge in [0.05, 0.1) is 6.61 Å². The third-order valence-corrected chi connectivity index (χ3v) is 1.84. The third kappa shape index (κ3) is 6.58. The van der Waals surface area contributed by atoms with Crippen LogP contribution >= 0.6 is 0 Å². The van der Waals surface area contributed by atoms with Gasteiger partial charge >= 0.3 is 0 Å². The van der Waals surface area contributed by atoms with Crippen molar-refractivity contribution in [3.63, 3.8) is 0 Å². The van der Waals surface area contributed by atoms with Gasteiger partial charge in [-0.05, 0) is 32.4 Å². The van der Waals surface area contributed by atoms with Crippen molar-refractivity contribution in [3.05, 3.63) is 0 Å². The molecule has 0 amide bonds. The van der Waals surface area contributed by atoms with E-state index in [1.807, 2.05) is 0 Å². The summed E-state index contributed by atoms with van der Waals surface area (Å²) in [6, 6.07) is 0. The standard InChI is InChI=1S/C9H21NO2/c1-2-5-10(7-9-12)6-3-4-8-11/h11-12H,2-9H2,1H3. The second-order valence-corrected chi connectivity index (χ2v) is 3.00. The molecule has 0 rings (SSSR count). The molecule has 2 N–H and O–H groups in total. The number of rotatable bonds is 8. The zero-order chi connectivity index (χ0) is 9.23. The fourth-order valence-electron chi connectivity index (χ4n) is 1.24. The number of unbranched alkanes of at least 4 members (excludes halogenated alkanes) is 1. The average molecular weight is 175 g/mol. The van der Waals surface area contributed by atoms with E-state index in [2.05, 4.69) is 11.8 Å². The molecular weight excluding hydrogens is 154 g/mol. The Morgan fingerprint density at radius 3 is 2.17 bits per heavy atom. The molecule has 0 aromatic rings. The van der Waals surface area contributed by atoms with Crippen LogP contribution in [0, 0.1) is 0 Å². The molecule has 0 spiro atoms. The highest BCUT2D eigenvalue weighted by atomic mass is 16.3. The summed E-state index contributed by atoms with van der Waals surface area (Å²) >= 11 is 0. The van der Waals surface area contributed by atoms with Gasteiger partial charge in [-0.1, -0.05) is 6.92 Å². The van der Waals surface area contributed by atoms with Gasteiger partial charge in [-0.3, -0.25) is 0 Å². The number of aliphatic hydroxyl groups is 2. The van der Waals surface area contributed by atoms with E-state index in [0.29, 0.717) is 0 Å². The quantitative estimate of drug-likeness (QED) is 0.527. The maximum atomic E-state index is 8.73. The molecule has 0 saturated carbocycles. The molecule has 0 fully saturated rings. The van der Waals surface area contributed by atoms with Crippen molar-refractivity contribution in [1.29, 1.82) is 0 Å². The van der Waals surface area contributed by atoms with Crippen molar-refractivity contribution >= 4 is 0 Å². The Kier molecular flexibility index (Phi) is 8.88. The summed E-state index contributed by atoms with van der Waals surface area (Å²) in [4.78, 5) is 2.23. The minimum Gasteiger partial charge on any atom is -0.396 e. The Balaban J connectivity index is 3.34. The minimum absolute atomic E-state index is 0.235. The van der Waals surface area contributed by atoms with Crippen molar-refractivity contribution in [2.24, 2.45) is 0 Å². The van der Waals surface area contributed by atoms with Gasteiger partial charge in [-0.2, -0.15) is 0 Å². The molecule has 12 heavy (non-hydrogen) atoms. The zero-order valence-electron chi connectivity index (χ0n) is 8.00. The van der Waals surface area contributed by atoms with Gasteiger partial charge in [0.2, 0.25) is 0 Å². The molecule has 3 heteroatoms. The largest absolute Gasteiger partial charge is 0.396 e. The van der Waals surface area contributed by atoms with Gasteiger partial charge in [0, 0.05) is 13.2 Å². The Labute approximate surface area is 75.0 Å². The maximum Gasteiger partial charge on any atom is 0.0558 e. The maximum absolute atomic E-state index is 8.73. The number of hydrogen-bond donors (Lipinski definition) is 2. The fraction of sp³-hybridized carbons (Fsp3) is 1.00. The summed E-state index contributed by atoms with van der Waals surface area (Å²) < 4.78 is 0. The summed E-state index contributed by atoms with van der Waals surface area (Å²) in [5, 5.41) is 17.3. The number of aliphatic hydroxyl groups excluding tert-OH is 2. The van der Waals surface area contributed by atoms with E-state index in [9.17, 15) is 0 Å². The van der Waals surface area contributed by atoms with Gasteiger partial charge in [0.25, 0.3) is 0 Å². The summed E-state index contributed by atoms with van der Waals surface area (Å²) in [6.07, 6.45) is 3.02. The molecule has 0 aliphatic carbocycles. The average Bonchev–Trinajstić information content (AvgIpc) is 2.06. The second-order valence-electron chi connectivity index (χ2n) is 3.00. The summed E-state index contributed by atoms with van der Waals surface area (Å²) in [6.45, 7) is 5.45. The van der Waals surface area contributed by atoms with Crippen LogP contribution in [0.4, 0.5) is 0 Å². The predicted molar refractivity (Wildman–Crippen MR) is 50.1 cm³/mol. The molecule has 0 aliphatic rings. The van der Waals surface area contributed by atoms with Gasteiger partial charge < -0.3 is 15.1 Å². The lowest BCUT2D eigenvalue weighted by molar-refractivity contribution is 0.188. The number of nitrogens with zero attached hydrogens (tertiary/aromatic N) is 1. The summed E-state index contributed by atoms with van der Waals surface area (Å²) in [5.74, 6) is 0. The van der Waals surface area contributed by atoms with Crippen molar-refractivity contribution in [2.45, 2.75) is 26.2 Å². The minimum atomic E-state index is 0.235. The molecule has 0 bridgehead atoms. The molecule has 3 nitrogen and oxygen atoms in total. The van der Waals surface area contributed by atoms with E-state index in [1.165, 1.54) is 0 Å². The van der Waals surface area contributed by atoms with Crippen molar-refractivity contribution in [3.8, 4) is 0 Å². The molecule has 0 radical (unpaired) electrons. The summed E-state index contributed by atoms with van der Waals surface area (Å²) in [5.41, 5.74) is 0. The molecule has 74 valence electrons. The van der Waals surface area contributed by atoms with Crippen LogP contribution in [0.15, 0.2) is 0 Å². The second kappa shape index (κ2) is 8.97. The first-order valence-corrected chi connectivity index (χ1v) is 4.79. The van der Waals surface area contributed by atoms with Crippen LogP contribution in [0.3, 0.4) is 0 Å². The lowest BCUT2D eigenvalue weighted by atomic mass is 10.3. The lowest BCUT2D eigenvalue weighted by Crippen LogP contribution is -2.28. The van der Waals surface area contributed by atoms with Crippen LogP contribution < -0.4 is 0 Å². The van der Waals surface area contributed by atoms with Crippen LogP contribution in [0.5, 0.6) is 0 Å². The monoisotopic (exact) mass is 175 g/mol. The predicted octanol–water partition coefficient (Wildman–Crippen LogP) is 0.463. The van der Waals surface area contributed by atoms with Crippen LogP contribution in [0.1, 0.15) is 26.2 Å². The van der Waals surface area contributed by atoms with Crippen molar-refractivity contribution < 1.29 is 10.2 Å². The number of hydrogen-bond acceptors (Lipinski definition) is 3. The molecule has 0 aromatic carbocycles. The van der Waals surface area contributed by atoms with Gasteiger partial charge in [-0.15, -0.1) is 0 Å². The van der Waals surface area contributed by atoms with E-state index < -0.39 is 0 Å². The van der Waals surface area contributed by atoms with Gasteiger partial charge in [0.15, 0.2) is 0 Å². The molecule has 0 aromatic heterocycles. The van der Waals surface area contributed by atoms with E-state index in [1.54, 1.807) is 0 Å². The molecular formula is C9H21NO2. The molecule has 0 aliphatic heterocycles. The first kappa shape index (κ1) is 11.9. The van der Waals surface area contributed by atoms with Crippen molar-refractivity contribution in [2.75, 3.05) is 32.8 Å². The van der Waals surface area contributed by atoms with Crippen molar-refractivity contribution in [1.82, 2.24) is 4.90 Å². The Morgan fingerprint density at radius 2 is 1.67 bits per heavy atom. The van der Waals surface area contributed by atoms with E-state index in [-0.39, 0.29) is 13.2 Å². The molecule has 0 atom stereocenters. The molecule has 0 unspecified atom stereocenters. The Bertz CT molecular complexity index is 82.6. The first-order valence-electron chi connectivity index (χ1n) is 4.79. The van der Waals surface area contributed by atoms with Crippen LogP contribution in [0.25, 0.3) is 0 Å². The Hall–Kier alpha value is -0.120. The van der Waals surface area contributed by atoms with Gasteiger partial charge in [-0.25, -0.2) is 0 Å². The highest BCUT2D eigenvalue weighted by molar-refractivity contribution is 4.55. The smallest absolute Gasteiger partial charge is 0.0558 e. The lowest BCUT2D eigenvalue weighted by Gasteiger charge is -2.19. The SMILES string of the molecule is CCCN(CCO)CCCCO. The molecule has 0 heterocycles.